The zero-order valence-corrected chi connectivity index (χ0v) is 17.4. The molecule has 1 atom stereocenters. The van der Waals surface area contributed by atoms with Gasteiger partial charge in [0, 0.05) is 22.1 Å². The molecule has 142 valence electrons. The number of fused-ring (bicyclic) bond motifs is 1. The van der Waals surface area contributed by atoms with Crippen molar-refractivity contribution in [1.29, 1.82) is 0 Å². The zero-order chi connectivity index (χ0) is 19.8. The molecule has 0 unspecified atom stereocenters. The number of aliphatic hydroxyl groups is 1. The van der Waals surface area contributed by atoms with Crippen LogP contribution in [0.1, 0.15) is 61.0 Å². The first-order chi connectivity index (χ1) is 12.8. The summed E-state index contributed by atoms with van der Waals surface area (Å²) in [6.45, 7) is 6.67. The van der Waals surface area contributed by atoms with Crippen LogP contribution in [0.15, 0.2) is 46.9 Å². The lowest BCUT2D eigenvalue weighted by Crippen LogP contribution is -2.42. The van der Waals surface area contributed by atoms with Crippen molar-refractivity contribution in [2.45, 2.75) is 45.1 Å². The van der Waals surface area contributed by atoms with E-state index in [1.165, 1.54) is 0 Å². The van der Waals surface area contributed by atoms with E-state index in [4.69, 9.17) is 0 Å². The van der Waals surface area contributed by atoms with Crippen LogP contribution < -0.4 is 4.90 Å². The van der Waals surface area contributed by atoms with Crippen molar-refractivity contribution < 1.29 is 14.7 Å². The lowest BCUT2D eigenvalue weighted by molar-refractivity contribution is -0.135. The standard InChI is InChI=1S/C22H24BrNO3/c1-4-11-24-19-10-9-17(23)12-18(19)22(27,21(24)26)13-20(25)16-7-5-15(6-8-16)14(2)3/h5-10,12,14,27H,4,11,13H2,1-3H3/t22-/m1/s1. The van der Waals surface area contributed by atoms with Crippen LogP contribution in [-0.4, -0.2) is 23.3 Å². The van der Waals surface area contributed by atoms with Gasteiger partial charge in [-0.3, -0.25) is 9.59 Å². The van der Waals surface area contributed by atoms with Gasteiger partial charge in [0.25, 0.3) is 5.91 Å². The number of hydrogen-bond donors (Lipinski definition) is 1. The first-order valence-corrected chi connectivity index (χ1v) is 10.0. The topological polar surface area (TPSA) is 57.6 Å². The highest BCUT2D eigenvalue weighted by Crippen LogP contribution is 2.44. The van der Waals surface area contributed by atoms with Crippen molar-refractivity contribution in [2.75, 3.05) is 11.4 Å². The largest absolute Gasteiger partial charge is 0.375 e. The summed E-state index contributed by atoms with van der Waals surface area (Å²) in [5.41, 5.74) is 0.983. The molecule has 1 aliphatic rings. The molecule has 4 nitrogen and oxygen atoms in total. The minimum atomic E-state index is -1.83. The number of anilines is 1. The van der Waals surface area contributed by atoms with E-state index < -0.39 is 11.5 Å². The van der Waals surface area contributed by atoms with Crippen LogP contribution in [-0.2, 0) is 10.4 Å². The summed E-state index contributed by atoms with van der Waals surface area (Å²) in [6, 6.07) is 12.8. The predicted octanol–water partition coefficient (Wildman–Crippen LogP) is 4.79. The Hall–Kier alpha value is -1.98. The first-order valence-electron chi connectivity index (χ1n) is 9.25. The second-order valence-electron chi connectivity index (χ2n) is 7.36. The van der Waals surface area contributed by atoms with Crippen LogP contribution in [0.4, 0.5) is 5.69 Å². The van der Waals surface area contributed by atoms with Gasteiger partial charge in [-0.2, -0.15) is 0 Å². The number of carbonyl (C=O) groups is 2. The van der Waals surface area contributed by atoms with E-state index >= 15 is 0 Å². The fourth-order valence-corrected chi connectivity index (χ4v) is 3.89. The number of carbonyl (C=O) groups excluding carboxylic acids is 2. The van der Waals surface area contributed by atoms with Gasteiger partial charge in [-0.15, -0.1) is 0 Å². The van der Waals surface area contributed by atoms with Gasteiger partial charge in [0.2, 0.25) is 0 Å². The molecule has 0 radical (unpaired) electrons. The average molecular weight is 430 g/mol. The van der Waals surface area contributed by atoms with Crippen LogP contribution in [0.25, 0.3) is 0 Å². The third-order valence-corrected chi connectivity index (χ3v) is 5.55. The summed E-state index contributed by atoms with van der Waals surface area (Å²) in [5.74, 6) is -0.295. The van der Waals surface area contributed by atoms with Gasteiger partial charge in [-0.1, -0.05) is 61.0 Å². The molecule has 1 amide bonds. The second kappa shape index (κ2) is 7.56. The fraction of sp³-hybridized carbons (Fsp3) is 0.364. The lowest BCUT2D eigenvalue weighted by Gasteiger charge is -2.22. The first kappa shape index (κ1) is 19.8. The summed E-state index contributed by atoms with van der Waals surface area (Å²) in [6.07, 6.45) is 0.498. The minimum absolute atomic E-state index is 0.245. The molecule has 1 N–H and O–H groups in total. The molecule has 0 fully saturated rings. The van der Waals surface area contributed by atoms with Crippen molar-refractivity contribution in [3.05, 3.63) is 63.6 Å². The highest BCUT2D eigenvalue weighted by Gasteiger charge is 2.50. The number of hydrogen-bond acceptors (Lipinski definition) is 3. The number of rotatable bonds is 6. The van der Waals surface area contributed by atoms with E-state index in [1.807, 2.05) is 31.2 Å². The molecule has 0 saturated heterocycles. The molecule has 3 rings (SSSR count). The highest BCUT2D eigenvalue weighted by molar-refractivity contribution is 9.10. The van der Waals surface area contributed by atoms with E-state index in [0.717, 1.165) is 16.5 Å². The molecule has 0 aliphatic carbocycles. The van der Waals surface area contributed by atoms with Gasteiger partial charge in [0.15, 0.2) is 11.4 Å². The molecule has 27 heavy (non-hydrogen) atoms. The van der Waals surface area contributed by atoms with Crippen LogP contribution in [0.2, 0.25) is 0 Å². The number of nitrogens with zero attached hydrogens (tertiary/aromatic N) is 1. The molecular formula is C22H24BrNO3. The maximum absolute atomic E-state index is 13.0. The van der Waals surface area contributed by atoms with Gasteiger partial charge >= 0.3 is 0 Å². The average Bonchev–Trinajstić information content (AvgIpc) is 2.84. The van der Waals surface area contributed by atoms with Gasteiger partial charge in [0.1, 0.15) is 0 Å². The zero-order valence-electron chi connectivity index (χ0n) is 15.8. The van der Waals surface area contributed by atoms with Crippen molar-refractivity contribution >= 4 is 33.3 Å². The van der Waals surface area contributed by atoms with Crippen LogP contribution >= 0.6 is 15.9 Å². The van der Waals surface area contributed by atoms with E-state index in [9.17, 15) is 14.7 Å². The van der Waals surface area contributed by atoms with Gasteiger partial charge in [-0.25, -0.2) is 0 Å². The highest BCUT2D eigenvalue weighted by atomic mass is 79.9. The number of halogens is 1. The molecule has 0 aromatic heterocycles. The third-order valence-electron chi connectivity index (χ3n) is 5.06. The van der Waals surface area contributed by atoms with Crippen LogP contribution in [0.3, 0.4) is 0 Å². The van der Waals surface area contributed by atoms with E-state index in [0.29, 0.717) is 29.3 Å². The number of Topliss-reactive ketones (excluding diaryl/α,β-unsaturated/α-hetero) is 1. The Bertz CT molecular complexity index is 876. The monoisotopic (exact) mass is 429 g/mol. The number of ketones is 1. The third kappa shape index (κ3) is 3.58. The second-order valence-corrected chi connectivity index (χ2v) is 8.27. The van der Waals surface area contributed by atoms with Gasteiger partial charge in [-0.05, 0) is 36.1 Å². The molecule has 2 aromatic carbocycles. The van der Waals surface area contributed by atoms with Crippen molar-refractivity contribution in [1.82, 2.24) is 0 Å². The molecule has 2 aromatic rings. The molecule has 0 saturated carbocycles. The Morgan fingerprint density at radius 3 is 2.44 bits per heavy atom. The fourth-order valence-electron chi connectivity index (χ4n) is 3.53. The van der Waals surface area contributed by atoms with E-state index in [1.54, 1.807) is 23.1 Å². The summed E-state index contributed by atoms with van der Waals surface area (Å²) in [4.78, 5) is 27.4. The van der Waals surface area contributed by atoms with E-state index in [-0.39, 0.29) is 12.2 Å². The van der Waals surface area contributed by atoms with Crippen molar-refractivity contribution in [3.8, 4) is 0 Å². The van der Waals surface area contributed by atoms with Crippen molar-refractivity contribution in [2.24, 2.45) is 0 Å². The lowest BCUT2D eigenvalue weighted by atomic mass is 9.87. The van der Waals surface area contributed by atoms with Crippen LogP contribution in [0, 0.1) is 0 Å². The SMILES string of the molecule is CCCN1C(=O)[C@@](O)(CC(=O)c2ccc(C(C)C)cc2)c2cc(Br)ccc21. The normalized spacial score (nSPS) is 18.9. The summed E-state index contributed by atoms with van der Waals surface area (Å²) in [7, 11) is 0. The number of benzene rings is 2. The Kier molecular flexibility index (Phi) is 5.54. The maximum atomic E-state index is 13.0. The summed E-state index contributed by atoms with van der Waals surface area (Å²) >= 11 is 3.40. The van der Waals surface area contributed by atoms with E-state index in [2.05, 4.69) is 29.8 Å². The molecule has 0 spiro atoms. The number of amides is 1. The van der Waals surface area contributed by atoms with Crippen LogP contribution in [0.5, 0.6) is 0 Å². The van der Waals surface area contributed by atoms with Crippen molar-refractivity contribution in [3.63, 3.8) is 0 Å². The summed E-state index contributed by atoms with van der Waals surface area (Å²) < 4.78 is 0.763. The predicted molar refractivity (Wildman–Crippen MR) is 110 cm³/mol. The van der Waals surface area contributed by atoms with Gasteiger partial charge in [0.05, 0.1) is 12.1 Å². The van der Waals surface area contributed by atoms with Gasteiger partial charge < -0.3 is 10.0 Å². The molecule has 5 heteroatoms. The minimum Gasteiger partial charge on any atom is -0.375 e. The Morgan fingerprint density at radius 1 is 1.19 bits per heavy atom. The smallest absolute Gasteiger partial charge is 0.264 e. The molecular weight excluding hydrogens is 406 g/mol. The molecule has 1 heterocycles. The maximum Gasteiger partial charge on any atom is 0.264 e. The Labute approximate surface area is 168 Å². The summed E-state index contributed by atoms with van der Waals surface area (Å²) in [5, 5.41) is 11.3. The molecule has 0 bridgehead atoms. The molecule has 1 aliphatic heterocycles. The Balaban J connectivity index is 1.94. The quantitative estimate of drug-likeness (QED) is 0.671. The Morgan fingerprint density at radius 2 is 1.85 bits per heavy atom.